The van der Waals surface area contributed by atoms with Crippen LogP contribution >= 0.6 is 23.6 Å². The smallest absolute Gasteiger partial charge is 0.310 e. The summed E-state index contributed by atoms with van der Waals surface area (Å²) in [5, 5.41) is 13.9. The fraction of sp³-hybridized carbons (Fsp3) is 0.105. The highest BCUT2D eigenvalue weighted by Gasteiger charge is 2.00. The molecule has 0 saturated heterocycles. The number of thiazole rings is 1. The van der Waals surface area contributed by atoms with Gasteiger partial charge in [0.25, 0.3) is 0 Å². The predicted molar refractivity (Wildman–Crippen MR) is 105 cm³/mol. The Hall–Kier alpha value is -2.57. The van der Waals surface area contributed by atoms with E-state index in [1.165, 1.54) is 16.9 Å². The van der Waals surface area contributed by atoms with Gasteiger partial charge < -0.3 is 10.4 Å². The highest BCUT2D eigenvalue weighted by molar-refractivity contribution is 7.80. The number of nitrogens with one attached hydrogen (secondary N) is 1. The SMILES string of the molecule is O=C(O)Cc1nccs1.S=C(NCc1ccccc1)c1ccccc1. The standard InChI is InChI=1S/C14H13NS.C5H5NO2S/c16-14(13-9-5-2-6-10-13)15-11-12-7-3-1-4-8-12;7-5(8)3-4-6-1-2-9-4/h1-10H,11H2,(H,15,16);1-2H,3H2,(H,7,8). The van der Waals surface area contributed by atoms with E-state index in [9.17, 15) is 4.79 Å². The Morgan fingerprint density at radius 2 is 1.72 bits per heavy atom. The molecule has 6 heteroatoms. The molecule has 0 fully saturated rings. The van der Waals surface area contributed by atoms with Gasteiger partial charge in [0.05, 0.1) is 6.42 Å². The highest BCUT2D eigenvalue weighted by atomic mass is 32.1. The van der Waals surface area contributed by atoms with Gasteiger partial charge in [-0.1, -0.05) is 72.9 Å². The fourth-order valence-electron chi connectivity index (χ4n) is 1.94. The van der Waals surface area contributed by atoms with Crippen molar-refractivity contribution < 1.29 is 9.90 Å². The van der Waals surface area contributed by atoms with Crippen LogP contribution in [0.15, 0.2) is 72.2 Å². The van der Waals surface area contributed by atoms with Crippen molar-refractivity contribution in [2.45, 2.75) is 13.0 Å². The van der Waals surface area contributed by atoms with Crippen molar-refractivity contribution >= 4 is 34.5 Å². The van der Waals surface area contributed by atoms with Crippen molar-refractivity contribution in [3.63, 3.8) is 0 Å². The summed E-state index contributed by atoms with van der Waals surface area (Å²) in [6.45, 7) is 0.772. The summed E-state index contributed by atoms with van der Waals surface area (Å²) in [7, 11) is 0. The predicted octanol–water partition coefficient (Wildman–Crippen LogP) is 3.92. The van der Waals surface area contributed by atoms with Gasteiger partial charge in [0, 0.05) is 23.7 Å². The molecule has 2 aromatic carbocycles. The molecule has 3 rings (SSSR count). The third-order valence-electron chi connectivity index (χ3n) is 3.12. The van der Waals surface area contributed by atoms with Crippen LogP contribution in [0.5, 0.6) is 0 Å². The number of rotatable bonds is 5. The number of thiocarbonyl (C=S) groups is 1. The summed E-state index contributed by atoms with van der Waals surface area (Å²) in [4.78, 5) is 14.6. The highest BCUT2D eigenvalue weighted by Crippen LogP contribution is 2.04. The molecule has 0 atom stereocenters. The molecule has 1 aromatic heterocycles. The summed E-state index contributed by atoms with van der Waals surface area (Å²) in [6.07, 6.45) is 1.64. The third-order valence-corrected chi connectivity index (χ3v) is 4.28. The van der Waals surface area contributed by atoms with Gasteiger partial charge in [0.2, 0.25) is 0 Å². The molecule has 0 bridgehead atoms. The first-order chi connectivity index (χ1) is 12.1. The average Bonchev–Trinajstić information content (AvgIpc) is 3.14. The number of hydrogen-bond acceptors (Lipinski definition) is 4. The van der Waals surface area contributed by atoms with Gasteiger partial charge in [-0.05, 0) is 5.56 Å². The van der Waals surface area contributed by atoms with Crippen LogP contribution in [0.4, 0.5) is 0 Å². The van der Waals surface area contributed by atoms with Crippen LogP contribution in [0.3, 0.4) is 0 Å². The van der Waals surface area contributed by atoms with Crippen LogP contribution in [0, 0.1) is 0 Å². The van der Waals surface area contributed by atoms with E-state index in [1.807, 2.05) is 48.5 Å². The Morgan fingerprint density at radius 1 is 1.08 bits per heavy atom. The molecule has 0 spiro atoms. The maximum absolute atomic E-state index is 10.0. The first kappa shape index (κ1) is 18.8. The van der Waals surface area contributed by atoms with Gasteiger partial charge in [-0.3, -0.25) is 4.79 Å². The topological polar surface area (TPSA) is 62.2 Å². The van der Waals surface area contributed by atoms with Gasteiger partial charge >= 0.3 is 5.97 Å². The van der Waals surface area contributed by atoms with E-state index >= 15 is 0 Å². The van der Waals surface area contributed by atoms with E-state index in [1.54, 1.807) is 11.6 Å². The van der Waals surface area contributed by atoms with Crippen molar-refractivity contribution in [2.24, 2.45) is 0 Å². The number of hydrogen-bond donors (Lipinski definition) is 2. The molecule has 2 N–H and O–H groups in total. The Morgan fingerprint density at radius 3 is 2.28 bits per heavy atom. The van der Waals surface area contributed by atoms with Crippen molar-refractivity contribution in [1.82, 2.24) is 10.3 Å². The molecule has 3 aromatic rings. The number of carboxylic acid groups (broad SMARTS) is 1. The maximum Gasteiger partial charge on any atom is 0.310 e. The van der Waals surface area contributed by atoms with Gasteiger partial charge in [-0.15, -0.1) is 11.3 Å². The Labute approximate surface area is 156 Å². The van der Waals surface area contributed by atoms with Gasteiger partial charge in [-0.25, -0.2) is 4.98 Å². The fourth-order valence-corrected chi connectivity index (χ4v) is 2.76. The molecule has 0 aliphatic carbocycles. The molecule has 128 valence electrons. The van der Waals surface area contributed by atoms with Crippen LogP contribution < -0.4 is 5.32 Å². The number of benzene rings is 2. The summed E-state index contributed by atoms with van der Waals surface area (Å²) in [5.74, 6) is -0.829. The zero-order valence-corrected chi connectivity index (χ0v) is 15.1. The minimum atomic E-state index is -0.829. The second-order valence-electron chi connectivity index (χ2n) is 5.03. The normalized spacial score (nSPS) is 9.60. The molecular formula is C19H18N2O2S2. The second-order valence-corrected chi connectivity index (χ2v) is 6.42. The third kappa shape index (κ3) is 7.24. The van der Waals surface area contributed by atoms with Crippen molar-refractivity contribution in [1.29, 1.82) is 0 Å². The Kier molecular flexibility index (Phi) is 7.75. The number of aliphatic carboxylic acids is 1. The maximum atomic E-state index is 10.0. The molecule has 4 nitrogen and oxygen atoms in total. The number of carbonyl (C=O) groups is 1. The summed E-state index contributed by atoms with van der Waals surface area (Å²) < 4.78 is 0. The van der Waals surface area contributed by atoms with E-state index in [4.69, 9.17) is 17.3 Å². The average molecular weight is 370 g/mol. The van der Waals surface area contributed by atoms with E-state index in [0.29, 0.717) is 5.01 Å². The summed E-state index contributed by atoms with van der Waals surface area (Å²) in [6, 6.07) is 20.2. The molecular weight excluding hydrogens is 352 g/mol. The van der Waals surface area contributed by atoms with Crippen LogP contribution in [0.2, 0.25) is 0 Å². The van der Waals surface area contributed by atoms with Crippen molar-refractivity contribution in [3.8, 4) is 0 Å². The van der Waals surface area contributed by atoms with E-state index in [0.717, 1.165) is 17.1 Å². The minimum Gasteiger partial charge on any atom is -0.481 e. The molecule has 25 heavy (non-hydrogen) atoms. The van der Waals surface area contributed by atoms with E-state index in [2.05, 4.69) is 22.4 Å². The Bertz CT molecular complexity index is 776. The zero-order chi connectivity index (χ0) is 17.9. The van der Waals surface area contributed by atoms with Crippen molar-refractivity contribution in [2.75, 3.05) is 0 Å². The van der Waals surface area contributed by atoms with E-state index in [-0.39, 0.29) is 6.42 Å². The molecule has 0 aliphatic rings. The molecule has 0 amide bonds. The summed E-state index contributed by atoms with van der Waals surface area (Å²) in [5.41, 5.74) is 2.30. The van der Waals surface area contributed by atoms with E-state index < -0.39 is 5.97 Å². The van der Waals surface area contributed by atoms with Crippen LogP contribution in [-0.2, 0) is 17.8 Å². The van der Waals surface area contributed by atoms with Gasteiger partial charge in [-0.2, -0.15) is 0 Å². The molecule has 0 aliphatic heterocycles. The largest absolute Gasteiger partial charge is 0.481 e. The second kappa shape index (κ2) is 10.3. The monoisotopic (exact) mass is 370 g/mol. The van der Waals surface area contributed by atoms with Gasteiger partial charge in [0.15, 0.2) is 0 Å². The lowest BCUT2D eigenvalue weighted by Gasteiger charge is -2.07. The number of carboxylic acids is 1. The van der Waals surface area contributed by atoms with Crippen LogP contribution in [0.1, 0.15) is 16.1 Å². The molecule has 1 heterocycles. The van der Waals surface area contributed by atoms with Crippen molar-refractivity contribution in [3.05, 3.63) is 88.4 Å². The molecule has 0 saturated carbocycles. The quantitative estimate of drug-likeness (QED) is 0.667. The minimum absolute atomic E-state index is 0.0394. The van der Waals surface area contributed by atoms with Crippen LogP contribution in [-0.4, -0.2) is 21.0 Å². The van der Waals surface area contributed by atoms with Crippen LogP contribution in [0.25, 0.3) is 0 Å². The number of nitrogens with zero attached hydrogens (tertiary/aromatic N) is 1. The lowest BCUT2D eigenvalue weighted by Crippen LogP contribution is -2.21. The first-order valence-corrected chi connectivity index (χ1v) is 8.91. The summed E-state index contributed by atoms with van der Waals surface area (Å²) >= 11 is 6.67. The first-order valence-electron chi connectivity index (χ1n) is 7.62. The lowest BCUT2D eigenvalue weighted by atomic mass is 10.2. The van der Waals surface area contributed by atoms with Gasteiger partial charge in [0.1, 0.15) is 10.00 Å². The molecule has 0 unspecified atom stereocenters. The number of aromatic nitrogens is 1. The zero-order valence-electron chi connectivity index (χ0n) is 13.5. The Balaban J connectivity index is 0.000000212. The lowest BCUT2D eigenvalue weighted by molar-refractivity contribution is -0.136. The molecule has 0 radical (unpaired) electrons.